The molecule has 1 aliphatic rings. The number of carbonyl (C=O) groups is 1. The van der Waals surface area contributed by atoms with Crippen molar-refractivity contribution in [3.8, 4) is 5.75 Å². The molecule has 4 N–H and O–H groups in total. The molecule has 12 heteroatoms. The Labute approximate surface area is 242 Å². The average Bonchev–Trinajstić information content (AvgIpc) is 2.91. The summed E-state index contributed by atoms with van der Waals surface area (Å²) in [6, 6.07) is 12.3. The van der Waals surface area contributed by atoms with Crippen molar-refractivity contribution in [2.24, 2.45) is 0 Å². The number of hydrogen-bond acceptors (Lipinski definition) is 9. The van der Waals surface area contributed by atoms with E-state index in [0.29, 0.717) is 40.1 Å². The van der Waals surface area contributed by atoms with Crippen LogP contribution in [0.4, 0.5) is 28.8 Å². The number of rotatable bonds is 9. The Balaban J connectivity index is 1.47. The highest BCUT2D eigenvalue weighted by Crippen LogP contribution is 2.30. The zero-order valence-electron chi connectivity index (χ0n) is 24.4. The molecule has 0 bridgehead atoms. The fourth-order valence-electron chi connectivity index (χ4n) is 4.21. The summed E-state index contributed by atoms with van der Waals surface area (Å²) in [6.07, 6.45) is 3.54. The zero-order valence-corrected chi connectivity index (χ0v) is 25.2. The number of sulfonamides is 1. The largest absolute Gasteiger partial charge is 0.495 e. The van der Waals surface area contributed by atoms with Crippen molar-refractivity contribution in [1.29, 1.82) is 0 Å². The van der Waals surface area contributed by atoms with Crippen LogP contribution in [0.1, 0.15) is 49.5 Å². The Kier molecular flexibility index (Phi) is 9.03. The van der Waals surface area contributed by atoms with Crippen molar-refractivity contribution >= 4 is 44.8 Å². The molecule has 3 aromatic rings. The second-order valence-electron chi connectivity index (χ2n) is 11.2. The van der Waals surface area contributed by atoms with Crippen molar-refractivity contribution in [3.05, 3.63) is 59.8 Å². The third-order valence-corrected chi connectivity index (χ3v) is 9.04. The predicted molar refractivity (Wildman–Crippen MR) is 163 cm³/mol. The van der Waals surface area contributed by atoms with Gasteiger partial charge in [-0.1, -0.05) is 6.07 Å². The number of benzene rings is 2. The summed E-state index contributed by atoms with van der Waals surface area (Å²) in [7, 11) is 0.0651. The number of carbonyl (C=O) groups excluding carboxylic acids is 1. The lowest BCUT2D eigenvalue weighted by Crippen LogP contribution is -2.43. The summed E-state index contributed by atoms with van der Waals surface area (Å²) in [6.45, 7) is 8.73. The molecule has 11 nitrogen and oxygen atoms in total. The fourth-order valence-corrected chi connectivity index (χ4v) is 4.96. The molecule has 0 unspecified atom stereocenters. The molecule has 220 valence electrons. The number of hydrogen-bond donors (Lipinski definition) is 4. The van der Waals surface area contributed by atoms with Gasteiger partial charge in [0.2, 0.25) is 16.0 Å². The van der Waals surface area contributed by atoms with Gasteiger partial charge in [-0.2, -0.15) is 4.98 Å². The number of aryl methyl sites for hydroxylation is 1. The lowest BCUT2D eigenvalue weighted by molar-refractivity contribution is 0.0916. The SMILES string of the molecule is COc1cc(C(=O)NC2CCN(C)CC2)ccc1Nc1ncc(C)c(Nc2cccc(NS(=O)(=O)C(C)(C)C)c2)n1. The maximum absolute atomic E-state index is 12.9. The van der Waals surface area contributed by atoms with Gasteiger partial charge in [-0.25, -0.2) is 13.4 Å². The van der Waals surface area contributed by atoms with E-state index in [-0.39, 0.29) is 11.9 Å². The zero-order chi connectivity index (χ0) is 29.8. The van der Waals surface area contributed by atoms with Crippen LogP contribution in [0.5, 0.6) is 5.75 Å². The number of aromatic nitrogens is 2. The minimum absolute atomic E-state index is 0.130. The molecular weight excluding hydrogens is 542 g/mol. The van der Waals surface area contributed by atoms with Gasteiger partial charge in [-0.15, -0.1) is 0 Å². The maximum atomic E-state index is 12.9. The van der Waals surface area contributed by atoms with Crippen LogP contribution in [0, 0.1) is 6.92 Å². The number of nitrogens with zero attached hydrogens (tertiary/aromatic N) is 3. The first-order valence-electron chi connectivity index (χ1n) is 13.5. The van der Waals surface area contributed by atoms with Gasteiger partial charge < -0.3 is 25.6 Å². The Morgan fingerprint density at radius 3 is 2.44 bits per heavy atom. The van der Waals surface area contributed by atoms with Gasteiger partial charge in [0.25, 0.3) is 5.91 Å². The highest BCUT2D eigenvalue weighted by atomic mass is 32.2. The third kappa shape index (κ3) is 7.65. The molecule has 2 heterocycles. The third-order valence-electron chi connectivity index (χ3n) is 6.92. The minimum Gasteiger partial charge on any atom is -0.495 e. The summed E-state index contributed by atoms with van der Waals surface area (Å²) in [5.41, 5.74) is 3.02. The van der Waals surface area contributed by atoms with E-state index in [2.05, 4.69) is 42.6 Å². The number of nitrogens with one attached hydrogen (secondary N) is 4. The fraction of sp³-hybridized carbons (Fsp3) is 0.414. The first-order valence-corrected chi connectivity index (χ1v) is 15.0. The Bertz CT molecular complexity index is 1500. The highest BCUT2D eigenvalue weighted by molar-refractivity contribution is 7.94. The average molecular weight is 582 g/mol. The normalized spacial score (nSPS) is 14.8. The minimum atomic E-state index is -3.57. The highest BCUT2D eigenvalue weighted by Gasteiger charge is 2.29. The number of piperidine rings is 1. The van der Waals surface area contributed by atoms with Gasteiger partial charge in [0, 0.05) is 29.1 Å². The van der Waals surface area contributed by atoms with Crippen LogP contribution in [-0.4, -0.2) is 67.2 Å². The van der Waals surface area contributed by atoms with Gasteiger partial charge in [-0.3, -0.25) is 9.52 Å². The quantitative estimate of drug-likeness (QED) is 0.285. The summed E-state index contributed by atoms with van der Waals surface area (Å²) in [4.78, 5) is 24.1. The number of anilines is 5. The standard InChI is InChI=1S/C29H39N7O4S/c1-19-18-30-28(34-26(19)31-22-8-7-9-23(17-22)35-41(38,39)29(2,3)4)33-24-11-10-20(16-25(24)40-6)27(37)32-21-12-14-36(5)15-13-21/h7-11,16-18,21,35H,12-15H2,1-6H3,(H,32,37)(H2,30,31,33,34). The molecular formula is C29H39N7O4S. The van der Waals surface area contributed by atoms with Crippen LogP contribution in [0.15, 0.2) is 48.7 Å². The molecule has 0 atom stereocenters. The number of ether oxygens (including phenoxy) is 1. The van der Waals surface area contributed by atoms with Gasteiger partial charge in [0.15, 0.2) is 0 Å². The van der Waals surface area contributed by atoms with Crippen molar-refractivity contribution in [2.75, 3.05) is 42.6 Å². The Hall–Kier alpha value is -3.90. The molecule has 0 radical (unpaired) electrons. The molecule has 0 saturated carbocycles. The molecule has 4 rings (SSSR count). The maximum Gasteiger partial charge on any atom is 0.251 e. The summed E-state index contributed by atoms with van der Waals surface area (Å²) in [5, 5.41) is 9.54. The van der Waals surface area contributed by atoms with Crippen molar-refractivity contribution in [2.45, 2.75) is 51.3 Å². The first-order chi connectivity index (χ1) is 19.3. The van der Waals surface area contributed by atoms with E-state index >= 15 is 0 Å². The van der Waals surface area contributed by atoms with E-state index in [4.69, 9.17) is 4.74 Å². The Morgan fingerprint density at radius 1 is 1.05 bits per heavy atom. The predicted octanol–water partition coefficient (Wildman–Crippen LogP) is 4.65. The topological polar surface area (TPSA) is 138 Å². The van der Waals surface area contributed by atoms with Crippen LogP contribution in [0.3, 0.4) is 0 Å². The van der Waals surface area contributed by atoms with Crippen LogP contribution in [0.25, 0.3) is 0 Å². The summed E-state index contributed by atoms with van der Waals surface area (Å²) >= 11 is 0. The van der Waals surface area contributed by atoms with Crippen molar-refractivity contribution in [1.82, 2.24) is 20.2 Å². The van der Waals surface area contributed by atoms with Crippen LogP contribution >= 0.6 is 0 Å². The van der Waals surface area contributed by atoms with E-state index in [1.807, 2.05) is 13.0 Å². The molecule has 1 aromatic heterocycles. The van der Waals surface area contributed by atoms with Crippen molar-refractivity contribution < 1.29 is 17.9 Å². The first kappa shape index (κ1) is 30.1. The molecule has 2 aromatic carbocycles. The van der Waals surface area contributed by atoms with E-state index in [0.717, 1.165) is 31.5 Å². The summed E-state index contributed by atoms with van der Waals surface area (Å²) in [5.74, 6) is 1.23. The number of amides is 1. The molecule has 1 saturated heterocycles. The van der Waals surface area contributed by atoms with Gasteiger partial charge in [0.05, 0.1) is 23.2 Å². The molecule has 0 spiro atoms. The van der Waals surface area contributed by atoms with Gasteiger partial charge in [0.1, 0.15) is 11.6 Å². The molecule has 1 amide bonds. The van der Waals surface area contributed by atoms with E-state index in [1.54, 1.807) is 70.5 Å². The van der Waals surface area contributed by atoms with E-state index in [9.17, 15) is 13.2 Å². The lowest BCUT2D eigenvalue weighted by Gasteiger charge is -2.29. The smallest absolute Gasteiger partial charge is 0.251 e. The molecule has 0 aliphatic carbocycles. The van der Waals surface area contributed by atoms with Gasteiger partial charge >= 0.3 is 0 Å². The Morgan fingerprint density at radius 2 is 1.76 bits per heavy atom. The van der Waals surface area contributed by atoms with Crippen LogP contribution < -0.4 is 25.4 Å². The molecule has 41 heavy (non-hydrogen) atoms. The van der Waals surface area contributed by atoms with Crippen LogP contribution in [0.2, 0.25) is 0 Å². The number of likely N-dealkylation sites (tertiary alicyclic amines) is 1. The number of methoxy groups -OCH3 is 1. The monoisotopic (exact) mass is 581 g/mol. The molecule has 1 fully saturated rings. The van der Waals surface area contributed by atoms with Crippen molar-refractivity contribution in [3.63, 3.8) is 0 Å². The summed E-state index contributed by atoms with van der Waals surface area (Å²) < 4.78 is 32.4. The van der Waals surface area contributed by atoms with E-state index in [1.165, 1.54) is 0 Å². The lowest BCUT2D eigenvalue weighted by atomic mass is 10.0. The second-order valence-corrected chi connectivity index (χ2v) is 13.7. The molecule has 1 aliphatic heterocycles. The van der Waals surface area contributed by atoms with Gasteiger partial charge in [-0.05, 0) is 97.1 Å². The van der Waals surface area contributed by atoms with Crippen LogP contribution in [-0.2, 0) is 10.0 Å². The van der Waals surface area contributed by atoms with E-state index < -0.39 is 14.8 Å². The second kappa shape index (κ2) is 12.3.